The summed E-state index contributed by atoms with van der Waals surface area (Å²) >= 11 is 1.51. The first-order chi connectivity index (χ1) is 8.58. The van der Waals surface area contributed by atoms with E-state index in [0.717, 1.165) is 10.1 Å². The Bertz CT molecular complexity index is 567. The van der Waals surface area contributed by atoms with Gasteiger partial charge in [-0.05, 0) is 47.9 Å². The van der Waals surface area contributed by atoms with E-state index in [1.54, 1.807) is 6.92 Å². The van der Waals surface area contributed by atoms with Gasteiger partial charge in [0, 0.05) is 4.70 Å². The Hall–Kier alpha value is -1.46. The second kappa shape index (κ2) is 5.46. The molecule has 0 aliphatic heterocycles. The van der Waals surface area contributed by atoms with Gasteiger partial charge >= 0.3 is 0 Å². The van der Waals surface area contributed by atoms with Crippen molar-refractivity contribution < 1.29 is 13.9 Å². The first-order valence-electron chi connectivity index (χ1n) is 5.64. The molecule has 2 aromatic rings. The smallest absolute Gasteiger partial charge is 0.246 e. The van der Waals surface area contributed by atoms with Gasteiger partial charge < -0.3 is 10.5 Å². The molecule has 1 unspecified atom stereocenters. The van der Waals surface area contributed by atoms with E-state index in [-0.39, 0.29) is 12.4 Å². The lowest BCUT2D eigenvalue weighted by Crippen LogP contribution is -2.28. The number of hydrogen-bond acceptors (Lipinski definition) is 3. The van der Waals surface area contributed by atoms with Gasteiger partial charge in [-0.25, -0.2) is 4.39 Å². The van der Waals surface area contributed by atoms with Gasteiger partial charge in [-0.15, -0.1) is 11.3 Å². The van der Waals surface area contributed by atoms with Crippen LogP contribution >= 0.6 is 11.3 Å². The van der Waals surface area contributed by atoms with Crippen LogP contribution in [0.25, 0.3) is 10.1 Å². The maximum Gasteiger partial charge on any atom is 0.246 e. The fourth-order valence-electron chi connectivity index (χ4n) is 1.65. The molecular weight excluding hydrogens is 253 g/mol. The molecule has 0 fully saturated rings. The topological polar surface area (TPSA) is 52.3 Å². The number of rotatable bonds is 5. The molecule has 0 saturated heterocycles. The lowest BCUT2D eigenvalue weighted by Gasteiger charge is -2.09. The van der Waals surface area contributed by atoms with Crippen molar-refractivity contribution >= 4 is 27.3 Å². The third-order valence-corrected chi connectivity index (χ3v) is 3.64. The second-order valence-corrected chi connectivity index (χ2v) is 5.02. The van der Waals surface area contributed by atoms with Crippen molar-refractivity contribution in [2.45, 2.75) is 19.4 Å². The standard InChI is InChI=1S/C13H14FNO2S/c1-8(13(15)16)17-4-2-9-6-10-3-5-18-12(10)7-11(9)14/h3,5-8H,2,4H2,1H3,(H2,15,16). The van der Waals surface area contributed by atoms with Crippen LogP contribution in [0, 0.1) is 5.82 Å². The maximum atomic E-state index is 13.7. The van der Waals surface area contributed by atoms with E-state index < -0.39 is 12.0 Å². The molecule has 0 aliphatic carbocycles. The molecule has 0 radical (unpaired) electrons. The van der Waals surface area contributed by atoms with Crippen LogP contribution in [0.2, 0.25) is 0 Å². The van der Waals surface area contributed by atoms with Crippen LogP contribution < -0.4 is 5.73 Å². The van der Waals surface area contributed by atoms with Crippen molar-refractivity contribution in [1.29, 1.82) is 0 Å². The molecule has 1 aromatic heterocycles. The van der Waals surface area contributed by atoms with Crippen molar-refractivity contribution in [3.8, 4) is 0 Å². The highest BCUT2D eigenvalue weighted by Gasteiger charge is 2.10. The van der Waals surface area contributed by atoms with Crippen LogP contribution in [-0.2, 0) is 16.0 Å². The van der Waals surface area contributed by atoms with Gasteiger partial charge in [-0.2, -0.15) is 0 Å². The Balaban J connectivity index is 2.02. The minimum atomic E-state index is -0.641. The van der Waals surface area contributed by atoms with Gasteiger partial charge in [0.2, 0.25) is 5.91 Å². The minimum Gasteiger partial charge on any atom is -0.368 e. The molecule has 1 aromatic carbocycles. The summed E-state index contributed by atoms with van der Waals surface area (Å²) in [6, 6.07) is 5.31. The predicted octanol–water partition coefficient (Wildman–Crippen LogP) is 2.47. The highest BCUT2D eigenvalue weighted by molar-refractivity contribution is 7.17. The number of hydrogen-bond donors (Lipinski definition) is 1. The molecule has 0 spiro atoms. The maximum absolute atomic E-state index is 13.7. The summed E-state index contributed by atoms with van der Waals surface area (Å²) in [4.78, 5) is 10.8. The monoisotopic (exact) mass is 267 g/mol. The number of carbonyl (C=O) groups excluding carboxylic acids is 1. The van der Waals surface area contributed by atoms with Crippen molar-refractivity contribution in [3.63, 3.8) is 0 Å². The molecule has 5 heteroatoms. The number of thiophene rings is 1. The summed E-state index contributed by atoms with van der Waals surface area (Å²) in [7, 11) is 0. The normalized spacial score (nSPS) is 12.8. The summed E-state index contributed by atoms with van der Waals surface area (Å²) in [5, 5.41) is 2.96. The lowest BCUT2D eigenvalue weighted by atomic mass is 10.1. The zero-order valence-corrected chi connectivity index (χ0v) is 10.8. The third kappa shape index (κ3) is 2.86. The zero-order valence-electron chi connectivity index (χ0n) is 9.98. The SMILES string of the molecule is CC(OCCc1cc2ccsc2cc1F)C(N)=O. The Kier molecular flexibility index (Phi) is 3.93. The predicted molar refractivity (Wildman–Crippen MR) is 70.1 cm³/mol. The van der Waals surface area contributed by atoms with E-state index in [4.69, 9.17) is 10.5 Å². The van der Waals surface area contributed by atoms with E-state index in [1.165, 1.54) is 17.4 Å². The number of ether oxygens (including phenoxy) is 1. The first-order valence-corrected chi connectivity index (χ1v) is 6.52. The van der Waals surface area contributed by atoms with Crippen molar-refractivity contribution in [2.24, 2.45) is 5.73 Å². The Morgan fingerprint density at radius 1 is 1.56 bits per heavy atom. The average molecular weight is 267 g/mol. The Morgan fingerprint density at radius 3 is 3.06 bits per heavy atom. The summed E-state index contributed by atoms with van der Waals surface area (Å²) < 4.78 is 19.9. The summed E-state index contributed by atoms with van der Waals surface area (Å²) in [6.45, 7) is 1.86. The number of nitrogens with two attached hydrogens (primary N) is 1. The van der Waals surface area contributed by atoms with Gasteiger partial charge in [0.1, 0.15) is 11.9 Å². The van der Waals surface area contributed by atoms with Crippen LogP contribution in [-0.4, -0.2) is 18.6 Å². The van der Waals surface area contributed by atoms with Crippen LogP contribution in [0.1, 0.15) is 12.5 Å². The number of primary amides is 1. The van der Waals surface area contributed by atoms with Crippen LogP contribution in [0.3, 0.4) is 0 Å². The molecule has 1 atom stereocenters. The lowest BCUT2D eigenvalue weighted by molar-refractivity contribution is -0.128. The van der Waals surface area contributed by atoms with Gasteiger partial charge in [0.05, 0.1) is 6.61 Å². The van der Waals surface area contributed by atoms with Crippen molar-refractivity contribution in [2.75, 3.05) is 6.61 Å². The number of carbonyl (C=O) groups is 1. The molecule has 0 bridgehead atoms. The molecule has 3 nitrogen and oxygen atoms in total. The molecule has 1 amide bonds. The highest BCUT2D eigenvalue weighted by atomic mass is 32.1. The summed E-state index contributed by atoms with van der Waals surface area (Å²) in [5.74, 6) is -0.746. The average Bonchev–Trinajstić information content (AvgIpc) is 2.75. The molecule has 2 rings (SSSR count). The zero-order chi connectivity index (χ0) is 13.1. The third-order valence-electron chi connectivity index (χ3n) is 2.76. The molecule has 0 saturated carbocycles. The second-order valence-electron chi connectivity index (χ2n) is 4.07. The molecular formula is C13H14FNO2S. The van der Waals surface area contributed by atoms with Gasteiger partial charge in [-0.1, -0.05) is 0 Å². The van der Waals surface area contributed by atoms with Gasteiger partial charge in [0.15, 0.2) is 0 Å². The van der Waals surface area contributed by atoms with E-state index in [1.807, 2.05) is 17.5 Å². The van der Waals surface area contributed by atoms with Crippen LogP contribution in [0.5, 0.6) is 0 Å². The van der Waals surface area contributed by atoms with Crippen LogP contribution in [0.4, 0.5) is 4.39 Å². The first kappa shape index (κ1) is 13.0. The van der Waals surface area contributed by atoms with E-state index in [2.05, 4.69) is 0 Å². The van der Waals surface area contributed by atoms with E-state index in [9.17, 15) is 9.18 Å². The number of amides is 1. The molecule has 2 N–H and O–H groups in total. The summed E-state index contributed by atoms with van der Waals surface area (Å²) in [6.07, 6.45) is -0.215. The molecule has 1 heterocycles. The minimum absolute atomic E-state index is 0.236. The number of halogens is 1. The number of fused-ring (bicyclic) bond motifs is 1. The van der Waals surface area contributed by atoms with Crippen molar-refractivity contribution in [3.05, 3.63) is 35.0 Å². The van der Waals surface area contributed by atoms with Gasteiger partial charge in [0.25, 0.3) is 0 Å². The summed E-state index contributed by atoms with van der Waals surface area (Å²) in [5.41, 5.74) is 5.66. The largest absolute Gasteiger partial charge is 0.368 e. The van der Waals surface area contributed by atoms with E-state index >= 15 is 0 Å². The highest BCUT2D eigenvalue weighted by Crippen LogP contribution is 2.24. The van der Waals surface area contributed by atoms with Crippen LogP contribution in [0.15, 0.2) is 23.6 Å². The van der Waals surface area contributed by atoms with Gasteiger partial charge in [-0.3, -0.25) is 4.79 Å². The fourth-order valence-corrected chi connectivity index (χ4v) is 2.45. The fraction of sp³-hybridized carbons (Fsp3) is 0.308. The Labute approximate surface area is 108 Å². The van der Waals surface area contributed by atoms with E-state index in [0.29, 0.717) is 12.0 Å². The molecule has 18 heavy (non-hydrogen) atoms. The Morgan fingerprint density at radius 2 is 2.33 bits per heavy atom. The molecule has 96 valence electrons. The number of benzene rings is 1. The quantitative estimate of drug-likeness (QED) is 0.904. The molecule has 0 aliphatic rings. The van der Waals surface area contributed by atoms with Crippen molar-refractivity contribution in [1.82, 2.24) is 0 Å².